The molecule has 2 aromatic carbocycles. The van der Waals surface area contributed by atoms with Gasteiger partial charge in [-0.3, -0.25) is 4.79 Å². The first-order valence-electron chi connectivity index (χ1n) is 5.39. The Morgan fingerprint density at radius 1 is 1.11 bits per heavy atom. The average molecular weight is 346 g/mol. The first kappa shape index (κ1) is 14.2. The van der Waals surface area contributed by atoms with Crippen molar-refractivity contribution in [2.24, 2.45) is 0 Å². The molecule has 0 aliphatic heterocycles. The lowest BCUT2D eigenvalue weighted by molar-refractivity contribution is 0.0992. The van der Waals surface area contributed by atoms with E-state index in [9.17, 15) is 13.6 Å². The largest absolute Gasteiger partial charge is 0.294 e. The van der Waals surface area contributed by atoms with E-state index in [2.05, 4.69) is 15.9 Å². The highest BCUT2D eigenvalue weighted by Gasteiger charge is 2.12. The number of rotatable bonds is 3. The van der Waals surface area contributed by atoms with Crippen LogP contribution in [0.25, 0.3) is 0 Å². The molecule has 0 unspecified atom stereocenters. The Labute approximate surface area is 122 Å². The highest BCUT2D eigenvalue weighted by Crippen LogP contribution is 2.21. The van der Waals surface area contributed by atoms with Gasteiger partial charge in [0.1, 0.15) is 11.6 Å². The van der Waals surface area contributed by atoms with E-state index in [1.54, 1.807) is 0 Å². The smallest absolute Gasteiger partial charge is 0.167 e. The molecule has 1 nitrogen and oxygen atoms in total. The Balaban J connectivity index is 2.28. The van der Waals surface area contributed by atoms with Gasteiger partial charge in [-0.15, -0.1) is 0 Å². The van der Waals surface area contributed by atoms with Gasteiger partial charge in [-0.1, -0.05) is 27.5 Å². The third-order valence-corrected chi connectivity index (χ3v) is 3.37. The number of ketones is 1. The lowest BCUT2D eigenvalue weighted by Gasteiger charge is -2.05. The van der Waals surface area contributed by atoms with E-state index in [1.165, 1.54) is 30.3 Å². The minimum atomic E-state index is -0.511. The molecule has 0 radical (unpaired) electrons. The maximum Gasteiger partial charge on any atom is 0.167 e. The Kier molecular flexibility index (Phi) is 4.32. The maximum absolute atomic E-state index is 13.2. The molecule has 2 aromatic rings. The predicted octanol–water partition coefficient (Wildman–Crippen LogP) is 4.81. The minimum Gasteiger partial charge on any atom is -0.294 e. The zero-order valence-electron chi connectivity index (χ0n) is 9.59. The number of hydrogen-bond donors (Lipinski definition) is 0. The van der Waals surface area contributed by atoms with E-state index >= 15 is 0 Å². The normalized spacial score (nSPS) is 10.5. The highest BCUT2D eigenvalue weighted by molar-refractivity contribution is 9.10. The Morgan fingerprint density at radius 3 is 2.53 bits per heavy atom. The first-order valence-corrected chi connectivity index (χ1v) is 6.56. The van der Waals surface area contributed by atoms with Crippen molar-refractivity contribution < 1.29 is 13.6 Å². The van der Waals surface area contributed by atoms with Crippen molar-refractivity contribution in [2.75, 3.05) is 0 Å². The molecule has 0 atom stereocenters. The van der Waals surface area contributed by atoms with Crippen LogP contribution in [0, 0.1) is 11.6 Å². The van der Waals surface area contributed by atoms with Gasteiger partial charge >= 0.3 is 0 Å². The second kappa shape index (κ2) is 5.80. The number of Topliss-reactive ketones (excluding diaryl/α,β-unsaturated/α-hetero) is 1. The number of hydrogen-bond acceptors (Lipinski definition) is 1. The summed E-state index contributed by atoms with van der Waals surface area (Å²) in [7, 11) is 0. The molecule has 19 heavy (non-hydrogen) atoms. The summed E-state index contributed by atoms with van der Waals surface area (Å²) in [6.45, 7) is 0. The number of halogens is 4. The van der Waals surface area contributed by atoms with E-state index in [0.29, 0.717) is 15.1 Å². The van der Waals surface area contributed by atoms with Crippen molar-refractivity contribution in [1.29, 1.82) is 0 Å². The Morgan fingerprint density at radius 2 is 1.84 bits per heavy atom. The molecule has 0 bridgehead atoms. The third kappa shape index (κ3) is 3.61. The first-order chi connectivity index (χ1) is 8.95. The van der Waals surface area contributed by atoms with Crippen LogP contribution in [-0.4, -0.2) is 5.78 Å². The summed E-state index contributed by atoms with van der Waals surface area (Å²) in [5.74, 6) is -1.30. The van der Waals surface area contributed by atoms with Crippen LogP contribution in [0.3, 0.4) is 0 Å². The molecule has 98 valence electrons. The van der Waals surface area contributed by atoms with Crippen LogP contribution < -0.4 is 0 Å². The summed E-state index contributed by atoms with van der Waals surface area (Å²) < 4.78 is 26.8. The zero-order valence-corrected chi connectivity index (χ0v) is 11.9. The molecular formula is C14H8BrClF2O. The van der Waals surface area contributed by atoms with E-state index < -0.39 is 11.6 Å². The molecule has 0 heterocycles. The monoisotopic (exact) mass is 344 g/mol. The summed E-state index contributed by atoms with van der Waals surface area (Å²) in [6, 6.07) is 7.72. The molecular weight excluding hydrogens is 338 g/mol. The second-order valence-electron chi connectivity index (χ2n) is 3.99. The molecule has 0 aliphatic carbocycles. The number of carbonyl (C=O) groups is 1. The lowest BCUT2D eigenvalue weighted by atomic mass is 10.0. The van der Waals surface area contributed by atoms with Crippen LogP contribution in [0.5, 0.6) is 0 Å². The third-order valence-electron chi connectivity index (χ3n) is 2.54. The molecule has 0 N–H and O–H groups in total. The summed E-state index contributed by atoms with van der Waals surface area (Å²) >= 11 is 9.00. The molecule has 0 amide bonds. The van der Waals surface area contributed by atoms with Gasteiger partial charge in [-0.05, 0) is 42.0 Å². The van der Waals surface area contributed by atoms with E-state index in [4.69, 9.17) is 11.6 Å². The van der Waals surface area contributed by atoms with Crippen LogP contribution in [0.1, 0.15) is 15.9 Å². The van der Waals surface area contributed by atoms with Crippen molar-refractivity contribution in [3.63, 3.8) is 0 Å². The van der Waals surface area contributed by atoms with Gasteiger partial charge < -0.3 is 0 Å². The van der Waals surface area contributed by atoms with Crippen LogP contribution in [0.15, 0.2) is 40.9 Å². The fraction of sp³-hybridized carbons (Fsp3) is 0.0714. The lowest BCUT2D eigenvalue weighted by Crippen LogP contribution is -2.05. The van der Waals surface area contributed by atoms with Crippen molar-refractivity contribution in [3.8, 4) is 0 Å². The quantitative estimate of drug-likeness (QED) is 0.730. The minimum absolute atomic E-state index is 0.0769. The van der Waals surface area contributed by atoms with Crippen LogP contribution >= 0.6 is 27.5 Å². The Hall–Kier alpha value is -1.26. The molecule has 0 aromatic heterocycles. The fourth-order valence-corrected chi connectivity index (χ4v) is 2.32. The standard InChI is InChI=1S/C14H8BrClF2O/c15-10-3-9(5-12(18)7-10)14(19)6-8-4-11(17)1-2-13(8)16/h1-5,7H,6H2. The van der Waals surface area contributed by atoms with Gasteiger partial charge in [0, 0.05) is 21.5 Å². The average Bonchev–Trinajstić information content (AvgIpc) is 2.32. The molecule has 0 saturated carbocycles. The molecule has 0 aliphatic rings. The van der Waals surface area contributed by atoms with Gasteiger partial charge in [-0.25, -0.2) is 8.78 Å². The van der Waals surface area contributed by atoms with Crippen LogP contribution in [0.2, 0.25) is 5.02 Å². The van der Waals surface area contributed by atoms with Crippen molar-refractivity contribution in [3.05, 3.63) is 68.7 Å². The number of benzene rings is 2. The van der Waals surface area contributed by atoms with Gasteiger partial charge in [-0.2, -0.15) is 0 Å². The molecule has 0 fully saturated rings. The van der Waals surface area contributed by atoms with Gasteiger partial charge in [0.15, 0.2) is 5.78 Å². The SMILES string of the molecule is O=C(Cc1cc(F)ccc1Cl)c1cc(F)cc(Br)c1. The van der Waals surface area contributed by atoms with Crippen LogP contribution in [-0.2, 0) is 6.42 Å². The summed E-state index contributed by atoms with van der Waals surface area (Å²) in [4.78, 5) is 12.0. The maximum atomic E-state index is 13.2. The van der Waals surface area contributed by atoms with Crippen molar-refractivity contribution in [2.45, 2.75) is 6.42 Å². The zero-order chi connectivity index (χ0) is 14.0. The van der Waals surface area contributed by atoms with E-state index in [1.807, 2.05) is 0 Å². The highest BCUT2D eigenvalue weighted by atomic mass is 79.9. The number of carbonyl (C=O) groups excluding carboxylic acids is 1. The van der Waals surface area contributed by atoms with Crippen molar-refractivity contribution >= 4 is 33.3 Å². The van der Waals surface area contributed by atoms with E-state index in [-0.39, 0.29) is 17.8 Å². The fourth-order valence-electron chi connectivity index (χ4n) is 1.67. The topological polar surface area (TPSA) is 17.1 Å². The van der Waals surface area contributed by atoms with E-state index in [0.717, 1.165) is 6.07 Å². The molecule has 0 spiro atoms. The molecule has 5 heteroatoms. The predicted molar refractivity (Wildman–Crippen MR) is 73.5 cm³/mol. The molecule has 2 rings (SSSR count). The van der Waals surface area contributed by atoms with Gasteiger partial charge in [0.05, 0.1) is 0 Å². The summed E-state index contributed by atoms with van der Waals surface area (Å²) in [6.07, 6.45) is -0.0769. The second-order valence-corrected chi connectivity index (χ2v) is 5.32. The molecule has 0 saturated heterocycles. The van der Waals surface area contributed by atoms with Crippen molar-refractivity contribution in [1.82, 2.24) is 0 Å². The van der Waals surface area contributed by atoms with Gasteiger partial charge in [0.25, 0.3) is 0 Å². The Bertz CT molecular complexity index is 623. The van der Waals surface area contributed by atoms with Gasteiger partial charge in [0.2, 0.25) is 0 Å². The summed E-state index contributed by atoms with van der Waals surface area (Å²) in [5.41, 5.74) is 0.597. The summed E-state index contributed by atoms with van der Waals surface area (Å²) in [5, 5.41) is 0.310. The van der Waals surface area contributed by atoms with Crippen LogP contribution in [0.4, 0.5) is 8.78 Å².